The molecular weight excluding hydrogens is 277 g/mol. The molecule has 0 aromatic heterocycles. The normalized spacial score (nSPS) is 19.4. The molecule has 1 aliphatic rings. The highest BCUT2D eigenvalue weighted by atomic mass is 35.5. The third kappa shape index (κ3) is 2.84. The van der Waals surface area contributed by atoms with Crippen LogP contribution in [0.5, 0.6) is 0 Å². The number of carbonyl (C=O) groups is 2. The Hall–Kier alpha value is -1.07. The first-order valence-electron chi connectivity index (χ1n) is 5.40. The van der Waals surface area contributed by atoms with Gasteiger partial charge in [0.1, 0.15) is 5.82 Å². The minimum Gasteiger partial charge on any atom is -0.308 e. The van der Waals surface area contributed by atoms with Gasteiger partial charge in [-0.05, 0) is 18.2 Å². The minimum absolute atomic E-state index is 0.0405. The summed E-state index contributed by atoms with van der Waals surface area (Å²) in [6.45, 7) is 1.79. The summed E-state index contributed by atoms with van der Waals surface area (Å²) >= 11 is 6.92. The van der Waals surface area contributed by atoms with Gasteiger partial charge in [-0.2, -0.15) is 0 Å². The summed E-state index contributed by atoms with van der Waals surface area (Å²) in [6.07, 6.45) is 0.246. The molecule has 1 fully saturated rings. The lowest BCUT2D eigenvalue weighted by molar-refractivity contribution is -0.117. The summed E-state index contributed by atoms with van der Waals surface area (Å²) in [6, 6.07) is 4.09. The fraction of sp³-hybridized carbons (Fsp3) is 0.333. The van der Waals surface area contributed by atoms with Gasteiger partial charge in [0.15, 0.2) is 5.12 Å². The number of amides is 1. The van der Waals surface area contributed by atoms with Crippen molar-refractivity contribution in [3.8, 4) is 0 Å². The van der Waals surface area contributed by atoms with Crippen LogP contribution in [0.15, 0.2) is 18.2 Å². The highest BCUT2D eigenvalue weighted by Crippen LogP contribution is 2.31. The van der Waals surface area contributed by atoms with Gasteiger partial charge in [-0.15, -0.1) is 0 Å². The number of anilines is 1. The zero-order valence-electron chi connectivity index (χ0n) is 9.65. The Labute approximate surface area is 113 Å². The molecule has 0 N–H and O–H groups in total. The fourth-order valence-electron chi connectivity index (χ4n) is 1.91. The minimum atomic E-state index is -0.485. The molecule has 6 heteroatoms. The van der Waals surface area contributed by atoms with E-state index >= 15 is 0 Å². The van der Waals surface area contributed by atoms with Gasteiger partial charge in [-0.1, -0.05) is 23.4 Å². The van der Waals surface area contributed by atoms with Crippen LogP contribution in [0.3, 0.4) is 0 Å². The second kappa shape index (κ2) is 5.28. The average Bonchev–Trinajstić information content (AvgIpc) is 2.62. The molecule has 1 aliphatic heterocycles. The summed E-state index contributed by atoms with van der Waals surface area (Å²) in [4.78, 5) is 24.2. The van der Waals surface area contributed by atoms with Crippen LogP contribution in [-0.4, -0.2) is 22.8 Å². The van der Waals surface area contributed by atoms with Crippen molar-refractivity contribution < 1.29 is 14.0 Å². The summed E-state index contributed by atoms with van der Waals surface area (Å²) in [5.41, 5.74) is 0.180. The van der Waals surface area contributed by atoms with Gasteiger partial charge in [-0.3, -0.25) is 9.59 Å². The van der Waals surface area contributed by atoms with Gasteiger partial charge >= 0.3 is 0 Å². The number of thioether (sulfide) groups is 1. The monoisotopic (exact) mass is 287 g/mol. The largest absolute Gasteiger partial charge is 0.308 e. The first-order valence-corrected chi connectivity index (χ1v) is 6.66. The highest BCUT2D eigenvalue weighted by Gasteiger charge is 2.33. The summed E-state index contributed by atoms with van der Waals surface area (Å²) in [7, 11) is 0. The van der Waals surface area contributed by atoms with Crippen molar-refractivity contribution >= 4 is 40.1 Å². The van der Waals surface area contributed by atoms with Crippen LogP contribution in [0.2, 0.25) is 5.02 Å². The van der Waals surface area contributed by atoms with E-state index < -0.39 is 5.82 Å². The Balaban J connectivity index is 2.21. The van der Waals surface area contributed by atoms with Crippen molar-refractivity contribution in [2.75, 3.05) is 11.4 Å². The van der Waals surface area contributed by atoms with Gasteiger partial charge in [0.2, 0.25) is 5.91 Å². The lowest BCUT2D eigenvalue weighted by Gasteiger charge is -2.17. The van der Waals surface area contributed by atoms with Gasteiger partial charge in [0.05, 0.1) is 5.69 Å². The van der Waals surface area contributed by atoms with Gasteiger partial charge in [0, 0.05) is 30.2 Å². The highest BCUT2D eigenvalue weighted by molar-refractivity contribution is 8.14. The van der Waals surface area contributed by atoms with E-state index in [-0.39, 0.29) is 28.4 Å². The van der Waals surface area contributed by atoms with Crippen LogP contribution in [0.1, 0.15) is 13.3 Å². The molecule has 1 saturated heterocycles. The van der Waals surface area contributed by atoms with Gasteiger partial charge in [0.25, 0.3) is 0 Å². The zero-order valence-corrected chi connectivity index (χ0v) is 11.2. The number of hydrogen-bond acceptors (Lipinski definition) is 3. The Morgan fingerprint density at radius 1 is 1.56 bits per heavy atom. The first kappa shape index (κ1) is 13.4. The second-order valence-electron chi connectivity index (χ2n) is 4.04. The Morgan fingerprint density at radius 2 is 2.28 bits per heavy atom. The maximum absolute atomic E-state index is 13.7. The number of rotatable bonds is 2. The molecule has 1 amide bonds. The first-order chi connectivity index (χ1) is 8.47. The van der Waals surface area contributed by atoms with E-state index in [1.807, 2.05) is 0 Å². The van der Waals surface area contributed by atoms with E-state index in [2.05, 4.69) is 0 Å². The van der Waals surface area contributed by atoms with Crippen molar-refractivity contribution in [2.24, 2.45) is 0 Å². The third-order valence-electron chi connectivity index (χ3n) is 2.62. The van der Waals surface area contributed by atoms with E-state index in [1.54, 1.807) is 0 Å². The SMILES string of the molecule is CC(=O)SC1CC(=O)N(c2cc(Cl)ccc2F)C1. The smallest absolute Gasteiger partial charge is 0.228 e. The Kier molecular flexibility index (Phi) is 3.92. The fourth-order valence-corrected chi connectivity index (χ4v) is 3.00. The number of benzene rings is 1. The van der Waals surface area contributed by atoms with Gasteiger partial charge < -0.3 is 4.90 Å². The van der Waals surface area contributed by atoms with Crippen molar-refractivity contribution in [3.63, 3.8) is 0 Å². The molecule has 0 radical (unpaired) electrons. The van der Waals surface area contributed by atoms with Crippen LogP contribution in [0, 0.1) is 5.82 Å². The molecule has 0 bridgehead atoms. The Morgan fingerprint density at radius 3 is 2.94 bits per heavy atom. The molecule has 1 atom stereocenters. The van der Waals surface area contributed by atoms with Crippen LogP contribution in [0.25, 0.3) is 0 Å². The molecule has 0 spiro atoms. The van der Waals surface area contributed by atoms with E-state index in [9.17, 15) is 14.0 Å². The molecule has 0 saturated carbocycles. The number of halogens is 2. The number of nitrogens with zero attached hydrogens (tertiary/aromatic N) is 1. The van der Waals surface area contributed by atoms with E-state index in [0.717, 1.165) is 11.8 Å². The number of hydrogen-bond donors (Lipinski definition) is 0. The third-order valence-corrected chi connectivity index (χ3v) is 3.84. The second-order valence-corrected chi connectivity index (χ2v) is 5.95. The molecule has 2 rings (SSSR count). The van der Waals surface area contributed by atoms with Crippen LogP contribution >= 0.6 is 23.4 Å². The maximum atomic E-state index is 13.7. The predicted molar refractivity (Wildman–Crippen MR) is 70.4 cm³/mol. The topological polar surface area (TPSA) is 37.4 Å². The zero-order chi connectivity index (χ0) is 13.3. The molecule has 1 unspecified atom stereocenters. The van der Waals surface area contributed by atoms with Crippen molar-refractivity contribution in [1.82, 2.24) is 0 Å². The van der Waals surface area contributed by atoms with Crippen LogP contribution in [0.4, 0.5) is 10.1 Å². The molecule has 1 heterocycles. The van der Waals surface area contributed by atoms with Crippen molar-refractivity contribution in [1.29, 1.82) is 0 Å². The van der Waals surface area contributed by atoms with Crippen molar-refractivity contribution in [3.05, 3.63) is 29.0 Å². The number of carbonyl (C=O) groups excluding carboxylic acids is 2. The maximum Gasteiger partial charge on any atom is 0.228 e. The molecule has 18 heavy (non-hydrogen) atoms. The standard InChI is InChI=1S/C12H11ClFNO2S/c1-7(16)18-9-5-12(17)15(6-9)11-4-8(13)2-3-10(11)14/h2-4,9H,5-6H2,1H3. The summed E-state index contributed by atoms with van der Waals surface area (Å²) in [5.74, 6) is -0.670. The molecule has 0 aliphatic carbocycles. The van der Waals surface area contributed by atoms with E-state index in [0.29, 0.717) is 11.6 Å². The van der Waals surface area contributed by atoms with Crippen LogP contribution in [-0.2, 0) is 9.59 Å². The molecule has 1 aromatic carbocycles. The van der Waals surface area contributed by atoms with E-state index in [1.165, 1.54) is 30.0 Å². The van der Waals surface area contributed by atoms with E-state index in [4.69, 9.17) is 11.6 Å². The van der Waals surface area contributed by atoms with Crippen LogP contribution < -0.4 is 4.90 Å². The average molecular weight is 288 g/mol. The van der Waals surface area contributed by atoms with Gasteiger partial charge in [-0.25, -0.2) is 4.39 Å². The lowest BCUT2D eigenvalue weighted by atomic mass is 10.3. The summed E-state index contributed by atoms with van der Waals surface area (Å²) < 4.78 is 13.7. The molecular formula is C12H11ClFNO2S. The lowest BCUT2D eigenvalue weighted by Crippen LogP contribution is -2.25. The quantitative estimate of drug-likeness (QED) is 0.839. The molecule has 96 valence electrons. The van der Waals surface area contributed by atoms with Crippen molar-refractivity contribution in [2.45, 2.75) is 18.6 Å². The Bertz CT molecular complexity index is 509. The predicted octanol–water partition coefficient (Wildman–Crippen LogP) is 2.86. The summed E-state index contributed by atoms with van der Waals surface area (Å²) in [5, 5.41) is 0.219. The molecule has 1 aromatic rings. The molecule has 3 nitrogen and oxygen atoms in total.